The van der Waals surface area contributed by atoms with Gasteiger partial charge in [0.1, 0.15) is 6.54 Å². The van der Waals surface area contributed by atoms with Crippen LogP contribution in [-0.2, 0) is 24.2 Å². The minimum atomic E-state index is -0.175. The summed E-state index contributed by atoms with van der Waals surface area (Å²) in [6.45, 7) is 8.17. The number of fused-ring (bicyclic) bond motifs is 1. The molecule has 1 aromatic carbocycles. The molecule has 0 aliphatic carbocycles. The molecule has 0 radical (unpaired) electrons. The molecule has 2 aromatic heterocycles. The van der Waals surface area contributed by atoms with Crippen LogP contribution in [0, 0.1) is 20.8 Å². The first-order valence-corrected chi connectivity index (χ1v) is 10.4. The van der Waals surface area contributed by atoms with Gasteiger partial charge in [-0.15, -0.1) is 0 Å². The van der Waals surface area contributed by atoms with Crippen LogP contribution in [0.1, 0.15) is 41.6 Å². The van der Waals surface area contributed by atoms with Crippen molar-refractivity contribution in [2.45, 2.75) is 53.5 Å². The summed E-state index contributed by atoms with van der Waals surface area (Å²) in [6.07, 6.45) is 2.44. The molecule has 7 heteroatoms. The molecule has 3 aromatic rings. The van der Waals surface area contributed by atoms with Crippen molar-refractivity contribution in [1.82, 2.24) is 19.3 Å². The van der Waals surface area contributed by atoms with Crippen LogP contribution in [0.25, 0.3) is 5.95 Å². The predicted molar refractivity (Wildman–Crippen MR) is 116 cm³/mol. The normalized spacial score (nSPS) is 13.4. The number of benzene rings is 1. The molecule has 3 heterocycles. The van der Waals surface area contributed by atoms with Crippen molar-refractivity contribution >= 4 is 11.6 Å². The molecular formula is C23H27N5O2. The molecule has 30 heavy (non-hydrogen) atoms. The second-order valence-corrected chi connectivity index (χ2v) is 7.84. The highest BCUT2D eigenvalue weighted by Crippen LogP contribution is 2.27. The summed E-state index contributed by atoms with van der Waals surface area (Å²) in [5, 5.41) is 4.50. The second kappa shape index (κ2) is 7.89. The zero-order valence-corrected chi connectivity index (χ0v) is 18.0. The van der Waals surface area contributed by atoms with Crippen molar-refractivity contribution in [1.29, 1.82) is 0 Å². The fraction of sp³-hybridized carbons (Fsp3) is 0.391. The highest BCUT2D eigenvalue weighted by atomic mass is 16.2. The van der Waals surface area contributed by atoms with Crippen molar-refractivity contribution in [3.05, 3.63) is 68.9 Å². The molecule has 1 amide bonds. The molecule has 0 bridgehead atoms. The Morgan fingerprint density at radius 1 is 1.17 bits per heavy atom. The lowest BCUT2D eigenvalue weighted by molar-refractivity contribution is -0.119. The molecule has 1 aliphatic heterocycles. The number of aryl methyl sites for hydroxylation is 4. The maximum Gasteiger partial charge on any atom is 0.258 e. The molecule has 1 aliphatic rings. The summed E-state index contributed by atoms with van der Waals surface area (Å²) >= 11 is 0. The van der Waals surface area contributed by atoms with Crippen LogP contribution in [0.3, 0.4) is 0 Å². The Morgan fingerprint density at radius 2 is 1.93 bits per heavy atom. The fourth-order valence-corrected chi connectivity index (χ4v) is 4.24. The first-order chi connectivity index (χ1) is 14.4. The Hall–Kier alpha value is -3.22. The zero-order valence-electron chi connectivity index (χ0n) is 18.0. The fourth-order valence-electron chi connectivity index (χ4n) is 4.24. The van der Waals surface area contributed by atoms with Crippen molar-refractivity contribution in [3.8, 4) is 5.95 Å². The van der Waals surface area contributed by atoms with E-state index in [2.05, 4.69) is 16.1 Å². The number of anilines is 1. The van der Waals surface area contributed by atoms with E-state index in [0.717, 1.165) is 29.9 Å². The molecule has 0 N–H and O–H groups in total. The minimum absolute atomic E-state index is 0.0683. The van der Waals surface area contributed by atoms with E-state index < -0.39 is 0 Å². The van der Waals surface area contributed by atoms with Gasteiger partial charge in [-0.25, -0.2) is 9.67 Å². The van der Waals surface area contributed by atoms with Gasteiger partial charge >= 0.3 is 0 Å². The number of aromatic nitrogens is 4. The standard InChI is InChI=1S/C23H27N5O2/c1-5-19-17(4)24-23(28-16(3)13-15(2)25-28)27(22(19)30)14-21(29)26-12-8-10-18-9-6-7-11-20(18)26/h6-7,9,11,13H,5,8,10,12,14H2,1-4H3. The van der Waals surface area contributed by atoms with Crippen molar-refractivity contribution in [2.24, 2.45) is 0 Å². The number of rotatable bonds is 4. The van der Waals surface area contributed by atoms with E-state index in [-0.39, 0.29) is 18.0 Å². The first kappa shape index (κ1) is 20.1. The maximum absolute atomic E-state index is 13.3. The first-order valence-electron chi connectivity index (χ1n) is 10.4. The van der Waals surface area contributed by atoms with Crippen LogP contribution in [0.15, 0.2) is 35.1 Å². The lowest BCUT2D eigenvalue weighted by Gasteiger charge is -2.30. The highest BCUT2D eigenvalue weighted by molar-refractivity contribution is 5.94. The Bertz CT molecular complexity index is 1170. The van der Waals surface area contributed by atoms with E-state index >= 15 is 0 Å². The lowest BCUT2D eigenvalue weighted by atomic mass is 10.0. The van der Waals surface area contributed by atoms with Crippen LogP contribution in [0.4, 0.5) is 5.69 Å². The number of para-hydroxylation sites is 1. The van der Waals surface area contributed by atoms with Crippen LogP contribution in [0.5, 0.6) is 0 Å². The van der Waals surface area contributed by atoms with Crippen LogP contribution < -0.4 is 10.5 Å². The van der Waals surface area contributed by atoms with Crippen LogP contribution >= 0.6 is 0 Å². The predicted octanol–water partition coefficient (Wildman–Crippen LogP) is 2.90. The van der Waals surface area contributed by atoms with Crippen LogP contribution in [-0.4, -0.2) is 31.8 Å². The van der Waals surface area contributed by atoms with Gasteiger partial charge in [0, 0.05) is 23.5 Å². The van der Waals surface area contributed by atoms with E-state index in [1.165, 1.54) is 10.1 Å². The Labute approximate surface area is 176 Å². The number of amides is 1. The Morgan fingerprint density at radius 3 is 2.63 bits per heavy atom. The van der Waals surface area contributed by atoms with E-state index in [4.69, 9.17) is 0 Å². The molecule has 4 rings (SSSR count). The summed E-state index contributed by atoms with van der Waals surface area (Å²) in [5.74, 6) is 0.277. The summed E-state index contributed by atoms with van der Waals surface area (Å²) < 4.78 is 3.13. The topological polar surface area (TPSA) is 73.0 Å². The van der Waals surface area contributed by atoms with Crippen molar-refractivity contribution in [2.75, 3.05) is 11.4 Å². The summed E-state index contributed by atoms with van der Waals surface area (Å²) in [5.41, 5.74) is 4.94. The van der Waals surface area contributed by atoms with E-state index in [1.807, 2.05) is 52.0 Å². The molecule has 0 saturated carbocycles. The summed E-state index contributed by atoms with van der Waals surface area (Å²) in [7, 11) is 0. The average Bonchev–Trinajstić information content (AvgIpc) is 3.07. The number of carbonyl (C=O) groups excluding carboxylic acids is 1. The van der Waals surface area contributed by atoms with Gasteiger partial charge in [0.15, 0.2) is 0 Å². The number of nitrogens with zero attached hydrogens (tertiary/aromatic N) is 5. The van der Waals surface area contributed by atoms with Gasteiger partial charge in [-0.05, 0) is 57.7 Å². The average molecular weight is 406 g/mol. The Kier molecular flexibility index (Phi) is 5.28. The monoisotopic (exact) mass is 405 g/mol. The smallest absolute Gasteiger partial charge is 0.258 e. The third-order valence-electron chi connectivity index (χ3n) is 5.71. The van der Waals surface area contributed by atoms with Gasteiger partial charge in [-0.1, -0.05) is 25.1 Å². The molecular weight excluding hydrogens is 378 g/mol. The second-order valence-electron chi connectivity index (χ2n) is 7.84. The minimum Gasteiger partial charge on any atom is -0.311 e. The third kappa shape index (κ3) is 3.44. The number of hydrogen-bond donors (Lipinski definition) is 0. The van der Waals surface area contributed by atoms with Crippen molar-refractivity contribution < 1.29 is 4.79 Å². The molecule has 0 atom stereocenters. The molecule has 7 nitrogen and oxygen atoms in total. The summed E-state index contributed by atoms with van der Waals surface area (Å²) in [4.78, 5) is 33.1. The van der Waals surface area contributed by atoms with E-state index in [1.54, 1.807) is 9.58 Å². The van der Waals surface area contributed by atoms with Gasteiger partial charge in [0.05, 0.1) is 11.4 Å². The SMILES string of the molecule is CCc1c(C)nc(-n2nc(C)cc2C)n(CC(=O)N2CCCc3ccccc32)c1=O. The lowest BCUT2D eigenvalue weighted by Crippen LogP contribution is -2.41. The third-order valence-corrected chi connectivity index (χ3v) is 5.71. The van der Waals surface area contributed by atoms with Gasteiger partial charge in [-0.3, -0.25) is 14.2 Å². The van der Waals surface area contributed by atoms with Crippen LogP contribution in [0.2, 0.25) is 0 Å². The van der Waals surface area contributed by atoms with E-state index in [0.29, 0.717) is 30.2 Å². The zero-order chi connectivity index (χ0) is 21.4. The van der Waals surface area contributed by atoms with Gasteiger partial charge < -0.3 is 4.90 Å². The largest absolute Gasteiger partial charge is 0.311 e. The quantitative estimate of drug-likeness (QED) is 0.669. The molecule has 156 valence electrons. The van der Waals surface area contributed by atoms with Crippen molar-refractivity contribution in [3.63, 3.8) is 0 Å². The maximum atomic E-state index is 13.3. The van der Waals surface area contributed by atoms with Gasteiger partial charge in [-0.2, -0.15) is 5.10 Å². The molecule has 0 unspecified atom stereocenters. The number of carbonyl (C=O) groups is 1. The number of hydrogen-bond acceptors (Lipinski definition) is 4. The molecule has 0 spiro atoms. The van der Waals surface area contributed by atoms with E-state index in [9.17, 15) is 9.59 Å². The highest BCUT2D eigenvalue weighted by Gasteiger charge is 2.25. The molecule has 0 saturated heterocycles. The van der Waals surface area contributed by atoms with Gasteiger partial charge in [0.2, 0.25) is 11.9 Å². The molecule has 0 fully saturated rings. The summed E-state index contributed by atoms with van der Waals surface area (Å²) in [6, 6.07) is 9.91. The van der Waals surface area contributed by atoms with Gasteiger partial charge in [0.25, 0.3) is 5.56 Å². The Balaban J connectivity index is 1.80.